The fourth-order valence-electron chi connectivity index (χ4n) is 2.53. The van der Waals surface area contributed by atoms with Gasteiger partial charge < -0.3 is 20.1 Å². The van der Waals surface area contributed by atoms with Crippen molar-refractivity contribution in [2.24, 2.45) is 0 Å². The Morgan fingerprint density at radius 1 is 1.20 bits per heavy atom. The number of aromatic hydroxyl groups is 2. The van der Waals surface area contributed by atoms with Gasteiger partial charge in [0, 0.05) is 30.9 Å². The third-order valence-electron chi connectivity index (χ3n) is 3.71. The number of carbonyl (C=O) groups excluding carboxylic acids is 2. The van der Waals surface area contributed by atoms with Crippen LogP contribution in [0.2, 0.25) is 5.02 Å². The summed E-state index contributed by atoms with van der Waals surface area (Å²) in [5, 5.41) is 29.5. The Balaban J connectivity index is 2.49. The molecule has 0 saturated heterocycles. The van der Waals surface area contributed by atoms with Crippen molar-refractivity contribution in [2.45, 2.75) is 38.4 Å². The molecule has 0 aromatic heterocycles. The summed E-state index contributed by atoms with van der Waals surface area (Å²) in [5.41, 5.74) is -0.239. The zero-order valence-electron chi connectivity index (χ0n) is 13.6. The molecule has 0 radical (unpaired) electrons. The maximum atomic E-state index is 12.4. The highest BCUT2D eigenvalue weighted by Gasteiger charge is 2.26. The van der Waals surface area contributed by atoms with Gasteiger partial charge in [-0.25, -0.2) is 4.79 Å². The first-order chi connectivity index (χ1) is 11.8. The SMILES string of the molecule is C[C@@H]1C[C@@H](O)/C=C\C=C/CC(=O)Cc2c(Cl)c(O)cc(O)c2C(=O)O1. The molecule has 0 spiro atoms. The second-order valence-corrected chi connectivity index (χ2v) is 6.21. The number of aliphatic hydroxyl groups excluding tert-OH is 1. The van der Waals surface area contributed by atoms with Crippen LogP contribution < -0.4 is 0 Å². The van der Waals surface area contributed by atoms with E-state index in [1.165, 1.54) is 6.08 Å². The Labute approximate surface area is 150 Å². The average molecular weight is 367 g/mol. The van der Waals surface area contributed by atoms with E-state index in [0.29, 0.717) is 0 Å². The van der Waals surface area contributed by atoms with Crippen LogP contribution in [0.5, 0.6) is 11.5 Å². The van der Waals surface area contributed by atoms with Gasteiger partial charge >= 0.3 is 5.97 Å². The summed E-state index contributed by atoms with van der Waals surface area (Å²) in [6, 6.07) is 0.929. The highest BCUT2D eigenvalue weighted by Crippen LogP contribution is 2.37. The van der Waals surface area contributed by atoms with E-state index in [9.17, 15) is 24.9 Å². The molecule has 6 nitrogen and oxygen atoms in total. The van der Waals surface area contributed by atoms with E-state index in [0.717, 1.165) is 6.07 Å². The van der Waals surface area contributed by atoms with Crippen molar-refractivity contribution in [3.63, 3.8) is 0 Å². The smallest absolute Gasteiger partial charge is 0.342 e. The van der Waals surface area contributed by atoms with Crippen LogP contribution in [0.15, 0.2) is 30.4 Å². The van der Waals surface area contributed by atoms with Crippen LogP contribution in [0.1, 0.15) is 35.7 Å². The lowest BCUT2D eigenvalue weighted by Gasteiger charge is -2.18. The fraction of sp³-hybridized carbons (Fsp3) is 0.333. The van der Waals surface area contributed by atoms with Crippen LogP contribution in [0.3, 0.4) is 0 Å². The molecule has 0 bridgehead atoms. The first kappa shape index (κ1) is 19.0. The summed E-state index contributed by atoms with van der Waals surface area (Å²) >= 11 is 6.03. The Morgan fingerprint density at radius 3 is 2.64 bits per heavy atom. The van der Waals surface area contributed by atoms with Crippen LogP contribution in [-0.4, -0.2) is 39.3 Å². The molecule has 0 saturated carbocycles. The van der Waals surface area contributed by atoms with Crippen molar-refractivity contribution in [1.29, 1.82) is 0 Å². The minimum Gasteiger partial charge on any atom is -0.507 e. The number of phenolic OH excluding ortho intramolecular Hbond substituents is 2. The van der Waals surface area contributed by atoms with E-state index in [4.69, 9.17) is 16.3 Å². The predicted octanol–water partition coefficient (Wildman–Crippen LogP) is 2.68. The number of cyclic esters (lactones) is 1. The molecular formula is C18H19ClO6. The molecule has 1 aliphatic rings. The molecule has 1 heterocycles. The largest absolute Gasteiger partial charge is 0.507 e. The molecule has 25 heavy (non-hydrogen) atoms. The van der Waals surface area contributed by atoms with Crippen molar-refractivity contribution in [3.8, 4) is 11.5 Å². The number of Topliss-reactive ketones (excluding diaryl/α,β-unsaturated/α-hetero) is 1. The van der Waals surface area contributed by atoms with Gasteiger partial charge in [-0.15, -0.1) is 0 Å². The van der Waals surface area contributed by atoms with Crippen molar-refractivity contribution < 1.29 is 29.6 Å². The third kappa shape index (κ3) is 4.84. The number of esters is 1. The fourth-order valence-corrected chi connectivity index (χ4v) is 2.74. The first-order valence-electron chi connectivity index (χ1n) is 7.77. The molecular weight excluding hydrogens is 348 g/mol. The van der Waals surface area contributed by atoms with E-state index in [1.807, 2.05) is 0 Å². The second kappa shape index (κ2) is 8.18. The summed E-state index contributed by atoms with van der Waals surface area (Å²) in [6.45, 7) is 1.60. The number of aliphatic hydroxyl groups is 1. The number of rotatable bonds is 0. The van der Waals surface area contributed by atoms with Crippen LogP contribution in [0.25, 0.3) is 0 Å². The number of halogens is 1. The molecule has 0 unspecified atom stereocenters. The van der Waals surface area contributed by atoms with Gasteiger partial charge in [-0.05, 0) is 6.92 Å². The highest BCUT2D eigenvalue weighted by molar-refractivity contribution is 6.33. The van der Waals surface area contributed by atoms with E-state index in [1.54, 1.807) is 25.2 Å². The summed E-state index contributed by atoms with van der Waals surface area (Å²) in [7, 11) is 0. The van der Waals surface area contributed by atoms with Crippen molar-refractivity contribution in [3.05, 3.63) is 46.5 Å². The van der Waals surface area contributed by atoms with Gasteiger partial charge in [0.2, 0.25) is 0 Å². The van der Waals surface area contributed by atoms with Crippen LogP contribution in [0.4, 0.5) is 0 Å². The molecule has 2 atom stereocenters. The van der Waals surface area contributed by atoms with Crippen LogP contribution >= 0.6 is 11.6 Å². The molecule has 1 aliphatic heterocycles. The van der Waals surface area contributed by atoms with Gasteiger partial charge in [0.15, 0.2) is 0 Å². The number of ether oxygens (including phenoxy) is 1. The lowest BCUT2D eigenvalue weighted by atomic mass is 9.99. The minimum absolute atomic E-state index is 0.0166. The number of benzene rings is 1. The van der Waals surface area contributed by atoms with Gasteiger partial charge in [-0.3, -0.25) is 4.79 Å². The Bertz CT molecular complexity index is 738. The normalized spacial score (nSPS) is 24.8. The Kier molecular flexibility index (Phi) is 6.22. The molecule has 134 valence electrons. The van der Waals surface area contributed by atoms with Gasteiger partial charge in [0.25, 0.3) is 0 Å². The average Bonchev–Trinajstić information content (AvgIpc) is 2.50. The lowest BCUT2D eigenvalue weighted by Crippen LogP contribution is -2.21. The third-order valence-corrected chi connectivity index (χ3v) is 4.13. The molecule has 0 aliphatic carbocycles. The summed E-state index contributed by atoms with van der Waals surface area (Å²) in [5.74, 6) is -2.10. The quantitative estimate of drug-likeness (QED) is 0.610. The van der Waals surface area contributed by atoms with Gasteiger partial charge in [-0.1, -0.05) is 35.9 Å². The number of carbonyl (C=O) groups is 2. The zero-order chi connectivity index (χ0) is 18.6. The predicted molar refractivity (Wildman–Crippen MR) is 91.9 cm³/mol. The van der Waals surface area contributed by atoms with Crippen molar-refractivity contribution in [2.75, 3.05) is 0 Å². The molecule has 3 N–H and O–H groups in total. The highest BCUT2D eigenvalue weighted by atomic mass is 35.5. The Morgan fingerprint density at radius 2 is 1.92 bits per heavy atom. The Hall–Kier alpha value is -2.31. The number of phenols is 2. The monoisotopic (exact) mass is 366 g/mol. The van der Waals surface area contributed by atoms with Gasteiger partial charge in [0.05, 0.1) is 11.1 Å². The van der Waals surface area contributed by atoms with Crippen LogP contribution in [0, 0.1) is 0 Å². The lowest BCUT2D eigenvalue weighted by molar-refractivity contribution is -0.117. The molecule has 2 rings (SSSR count). The second-order valence-electron chi connectivity index (χ2n) is 5.83. The van der Waals surface area contributed by atoms with E-state index < -0.39 is 29.7 Å². The molecule has 7 heteroatoms. The number of hydrogen-bond acceptors (Lipinski definition) is 6. The number of allylic oxidation sites excluding steroid dienone is 3. The van der Waals surface area contributed by atoms with Crippen molar-refractivity contribution >= 4 is 23.4 Å². The standard InChI is InChI=1S/C18H19ClO6/c1-10-7-11(20)5-3-2-4-6-12(21)8-13-16(18(24)25-10)14(22)9-15(23)17(13)19/h2-5,9-11,20,22-23H,6-8H2,1H3/b4-2-,5-3-/t10-,11+/m1/s1. The maximum absolute atomic E-state index is 12.4. The maximum Gasteiger partial charge on any atom is 0.342 e. The van der Waals surface area contributed by atoms with Crippen molar-refractivity contribution in [1.82, 2.24) is 0 Å². The molecule has 1 aromatic rings. The van der Waals surface area contributed by atoms with Crippen LogP contribution in [-0.2, 0) is 16.0 Å². The van der Waals surface area contributed by atoms with E-state index in [-0.39, 0.29) is 41.2 Å². The van der Waals surface area contributed by atoms with E-state index >= 15 is 0 Å². The zero-order valence-corrected chi connectivity index (χ0v) is 14.4. The summed E-state index contributed by atoms with van der Waals surface area (Å²) in [6.07, 6.45) is 4.89. The van der Waals surface area contributed by atoms with E-state index in [2.05, 4.69) is 0 Å². The molecule has 0 amide bonds. The molecule has 0 fully saturated rings. The number of hydrogen-bond donors (Lipinski definition) is 3. The first-order valence-corrected chi connectivity index (χ1v) is 8.14. The van der Waals surface area contributed by atoms with Gasteiger partial charge in [0.1, 0.15) is 28.9 Å². The number of ketones is 1. The van der Waals surface area contributed by atoms with Gasteiger partial charge in [-0.2, -0.15) is 0 Å². The summed E-state index contributed by atoms with van der Waals surface area (Å²) < 4.78 is 5.24. The topological polar surface area (TPSA) is 104 Å². The molecule has 1 aromatic carbocycles. The number of fused-ring (bicyclic) bond motifs is 1. The summed E-state index contributed by atoms with van der Waals surface area (Å²) in [4.78, 5) is 24.6. The minimum atomic E-state index is -0.876.